The Bertz CT molecular complexity index is 845. The van der Waals surface area contributed by atoms with E-state index in [4.69, 9.17) is 4.84 Å². The molecule has 1 heterocycles. The SMILES string of the molecule is CCC12CC(C3=C(CN4CCN(OC(=O)c5ccccc5)CC4)CCC(C)(C)C3)(C1)C2. The number of hydrogen-bond acceptors (Lipinski definition) is 4. The Hall–Kier alpha value is -1.65. The molecule has 4 fully saturated rings. The van der Waals surface area contributed by atoms with Crippen molar-refractivity contribution in [3.05, 3.63) is 47.0 Å². The predicted molar refractivity (Wildman–Crippen MR) is 124 cm³/mol. The molecule has 31 heavy (non-hydrogen) atoms. The van der Waals surface area contributed by atoms with Crippen molar-refractivity contribution in [3.63, 3.8) is 0 Å². The van der Waals surface area contributed by atoms with Crippen molar-refractivity contribution in [2.24, 2.45) is 16.2 Å². The maximum Gasteiger partial charge on any atom is 0.357 e. The highest BCUT2D eigenvalue weighted by molar-refractivity contribution is 5.89. The highest BCUT2D eigenvalue weighted by atomic mass is 16.7. The summed E-state index contributed by atoms with van der Waals surface area (Å²) in [6.45, 7) is 11.9. The van der Waals surface area contributed by atoms with E-state index >= 15 is 0 Å². The van der Waals surface area contributed by atoms with Crippen molar-refractivity contribution in [2.75, 3.05) is 32.7 Å². The quantitative estimate of drug-likeness (QED) is 0.570. The highest BCUT2D eigenvalue weighted by Crippen LogP contribution is 2.79. The molecule has 1 aromatic rings. The minimum absolute atomic E-state index is 0.248. The summed E-state index contributed by atoms with van der Waals surface area (Å²) in [6.07, 6.45) is 9.61. The maximum atomic E-state index is 12.3. The first-order chi connectivity index (χ1) is 14.8. The summed E-state index contributed by atoms with van der Waals surface area (Å²) in [5, 5.41) is 1.84. The van der Waals surface area contributed by atoms with Crippen LogP contribution >= 0.6 is 0 Å². The molecule has 0 amide bonds. The smallest absolute Gasteiger partial charge is 0.357 e. The molecule has 1 saturated heterocycles. The second-order valence-corrected chi connectivity index (χ2v) is 11.5. The molecule has 1 aliphatic heterocycles. The molecule has 168 valence electrons. The molecule has 6 rings (SSSR count). The zero-order chi connectivity index (χ0) is 21.7. The van der Waals surface area contributed by atoms with Gasteiger partial charge in [-0.25, -0.2) is 4.79 Å². The molecule has 0 radical (unpaired) electrons. The van der Waals surface area contributed by atoms with Crippen molar-refractivity contribution in [1.82, 2.24) is 9.96 Å². The van der Waals surface area contributed by atoms with E-state index in [1.54, 1.807) is 5.57 Å². The van der Waals surface area contributed by atoms with E-state index in [-0.39, 0.29) is 5.97 Å². The molecule has 4 aliphatic carbocycles. The topological polar surface area (TPSA) is 32.8 Å². The second kappa shape index (κ2) is 7.74. The molecule has 0 N–H and O–H groups in total. The summed E-state index contributed by atoms with van der Waals surface area (Å²) in [6, 6.07) is 9.29. The van der Waals surface area contributed by atoms with E-state index < -0.39 is 0 Å². The lowest BCUT2D eigenvalue weighted by molar-refractivity contribution is -0.183. The van der Waals surface area contributed by atoms with Crippen molar-refractivity contribution < 1.29 is 9.63 Å². The predicted octanol–water partition coefficient (Wildman–Crippen LogP) is 5.46. The summed E-state index contributed by atoms with van der Waals surface area (Å²) in [5.41, 5.74) is 5.94. The number of carbonyl (C=O) groups is 1. The fourth-order valence-electron chi connectivity index (χ4n) is 6.76. The molecule has 0 unspecified atom stereocenters. The summed E-state index contributed by atoms with van der Waals surface area (Å²) < 4.78 is 0. The first kappa shape index (κ1) is 21.2. The Morgan fingerprint density at radius 1 is 1.03 bits per heavy atom. The lowest BCUT2D eigenvalue weighted by atomic mass is 9.31. The molecular formula is C27H38N2O2. The van der Waals surface area contributed by atoms with Crippen molar-refractivity contribution in [3.8, 4) is 0 Å². The van der Waals surface area contributed by atoms with E-state index in [1.165, 1.54) is 44.9 Å². The van der Waals surface area contributed by atoms with Gasteiger partial charge >= 0.3 is 5.97 Å². The van der Waals surface area contributed by atoms with Crippen LogP contribution in [0, 0.1) is 16.2 Å². The highest BCUT2D eigenvalue weighted by Gasteiger charge is 2.68. The molecular weight excluding hydrogens is 384 g/mol. The van der Waals surface area contributed by atoms with Crippen LogP contribution in [0.25, 0.3) is 0 Å². The van der Waals surface area contributed by atoms with Crippen LogP contribution in [0.1, 0.15) is 76.1 Å². The van der Waals surface area contributed by atoms with E-state index in [0.29, 0.717) is 21.8 Å². The van der Waals surface area contributed by atoms with Gasteiger partial charge in [0.15, 0.2) is 0 Å². The average Bonchev–Trinajstić information content (AvgIpc) is 2.70. The van der Waals surface area contributed by atoms with Crippen molar-refractivity contribution in [2.45, 2.75) is 65.7 Å². The Morgan fingerprint density at radius 2 is 1.71 bits per heavy atom. The Morgan fingerprint density at radius 3 is 2.35 bits per heavy atom. The Kier molecular flexibility index (Phi) is 5.29. The molecule has 1 aromatic carbocycles. The van der Waals surface area contributed by atoms with Gasteiger partial charge in [-0.3, -0.25) is 4.90 Å². The van der Waals surface area contributed by atoms with Gasteiger partial charge in [-0.15, -0.1) is 5.06 Å². The largest absolute Gasteiger partial charge is 0.364 e. The third-order valence-electron chi connectivity index (χ3n) is 8.68. The van der Waals surface area contributed by atoms with E-state index in [9.17, 15) is 4.79 Å². The molecule has 3 saturated carbocycles. The monoisotopic (exact) mass is 422 g/mol. The molecule has 0 atom stereocenters. The van der Waals surface area contributed by atoms with Crippen LogP contribution in [0.5, 0.6) is 0 Å². The molecule has 4 nitrogen and oxygen atoms in total. The van der Waals surface area contributed by atoms with Crippen LogP contribution in [-0.4, -0.2) is 48.7 Å². The number of nitrogens with zero attached hydrogens (tertiary/aromatic N) is 2. The lowest BCUT2D eigenvalue weighted by Gasteiger charge is -2.73. The summed E-state index contributed by atoms with van der Waals surface area (Å²) >= 11 is 0. The second-order valence-electron chi connectivity index (χ2n) is 11.5. The van der Waals surface area contributed by atoms with Crippen LogP contribution < -0.4 is 0 Å². The standard InChI is InChI=1S/C27H38N2O2/c1-4-26-18-27(19-26,20-26)23-16-25(2,3)11-10-22(23)17-28-12-14-29(15-13-28)31-24(30)21-8-6-5-7-9-21/h5-9H,4,10-20H2,1-3H3. The van der Waals surface area contributed by atoms with Crippen LogP contribution in [0.4, 0.5) is 0 Å². The first-order valence-electron chi connectivity index (χ1n) is 12.3. The summed E-state index contributed by atoms with van der Waals surface area (Å²) in [7, 11) is 0. The molecule has 2 bridgehead atoms. The number of hydrogen-bond donors (Lipinski definition) is 0. The van der Waals surface area contributed by atoms with Crippen molar-refractivity contribution in [1.29, 1.82) is 0 Å². The van der Waals surface area contributed by atoms with Gasteiger partial charge in [-0.1, -0.05) is 56.5 Å². The van der Waals surface area contributed by atoms with Gasteiger partial charge in [0.1, 0.15) is 0 Å². The molecule has 4 heteroatoms. The van der Waals surface area contributed by atoms with Gasteiger partial charge in [0.25, 0.3) is 0 Å². The molecule has 0 spiro atoms. The molecule has 0 aromatic heterocycles. The number of rotatable bonds is 6. The number of allylic oxidation sites excluding steroid dienone is 1. The third kappa shape index (κ3) is 3.98. The van der Waals surface area contributed by atoms with Gasteiger partial charge in [0.05, 0.1) is 5.56 Å². The number of piperazine rings is 1. The van der Waals surface area contributed by atoms with Crippen LogP contribution in [-0.2, 0) is 4.84 Å². The third-order valence-corrected chi connectivity index (χ3v) is 8.68. The van der Waals surface area contributed by atoms with Gasteiger partial charge in [0, 0.05) is 32.7 Å². The Labute approximate surface area is 187 Å². The van der Waals surface area contributed by atoms with Gasteiger partial charge in [0.2, 0.25) is 0 Å². The number of carbonyl (C=O) groups excluding carboxylic acids is 1. The Balaban J connectivity index is 1.19. The summed E-state index contributed by atoms with van der Waals surface area (Å²) in [4.78, 5) is 20.6. The van der Waals surface area contributed by atoms with Gasteiger partial charge in [-0.05, 0) is 66.9 Å². The molecule has 5 aliphatic rings. The zero-order valence-corrected chi connectivity index (χ0v) is 19.6. The normalized spacial score (nSPS) is 32.9. The van der Waals surface area contributed by atoms with E-state index in [2.05, 4.69) is 25.7 Å². The fraction of sp³-hybridized carbons (Fsp3) is 0.667. The minimum atomic E-state index is -0.248. The van der Waals surface area contributed by atoms with Crippen LogP contribution in [0.3, 0.4) is 0 Å². The van der Waals surface area contributed by atoms with Gasteiger partial charge in [-0.2, -0.15) is 0 Å². The maximum absolute atomic E-state index is 12.3. The van der Waals surface area contributed by atoms with Gasteiger partial charge < -0.3 is 4.84 Å². The van der Waals surface area contributed by atoms with E-state index in [0.717, 1.165) is 32.7 Å². The summed E-state index contributed by atoms with van der Waals surface area (Å²) in [5.74, 6) is -0.248. The number of benzene rings is 1. The lowest BCUT2D eigenvalue weighted by Crippen LogP contribution is -2.63. The number of hydroxylamine groups is 2. The first-order valence-corrected chi connectivity index (χ1v) is 12.3. The minimum Gasteiger partial charge on any atom is -0.364 e. The van der Waals surface area contributed by atoms with Crippen LogP contribution in [0.15, 0.2) is 41.5 Å². The zero-order valence-electron chi connectivity index (χ0n) is 19.6. The van der Waals surface area contributed by atoms with E-state index in [1.807, 2.05) is 41.0 Å². The van der Waals surface area contributed by atoms with Crippen LogP contribution in [0.2, 0.25) is 0 Å². The fourth-order valence-corrected chi connectivity index (χ4v) is 6.76. The van der Waals surface area contributed by atoms with Crippen molar-refractivity contribution >= 4 is 5.97 Å². The average molecular weight is 423 g/mol.